The van der Waals surface area contributed by atoms with Crippen LogP contribution in [0.15, 0.2) is 17.3 Å². The van der Waals surface area contributed by atoms with Crippen molar-refractivity contribution < 1.29 is 18.3 Å². The summed E-state index contributed by atoms with van der Waals surface area (Å²) in [6.45, 7) is 0. The Morgan fingerprint density at radius 3 is 2.83 bits per heavy atom. The molecule has 2 fully saturated rings. The molecule has 3 heterocycles. The predicted molar refractivity (Wildman–Crippen MR) is 60.2 cm³/mol. The average Bonchev–Trinajstić information content (AvgIpc) is 3.04. The van der Waals surface area contributed by atoms with Gasteiger partial charge < -0.3 is 5.11 Å². The zero-order chi connectivity index (χ0) is 12.9. The maximum atomic E-state index is 12.4. The maximum absolute atomic E-state index is 12.4. The molecular formula is C10H13N3O4S. The second-order valence-electron chi connectivity index (χ2n) is 4.75. The van der Waals surface area contributed by atoms with Gasteiger partial charge in [0.2, 0.25) is 10.0 Å². The molecule has 3 rings (SSSR count). The van der Waals surface area contributed by atoms with E-state index in [1.54, 1.807) is 0 Å². The summed E-state index contributed by atoms with van der Waals surface area (Å²) >= 11 is 0. The summed E-state index contributed by atoms with van der Waals surface area (Å²) in [6, 6.07) is -0.594. The van der Waals surface area contributed by atoms with E-state index >= 15 is 0 Å². The van der Waals surface area contributed by atoms with Crippen molar-refractivity contribution in [2.75, 3.05) is 0 Å². The molecule has 0 aliphatic carbocycles. The summed E-state index contributed by atoms with van der Waals surface area (Å²) in [4.78, 5) is 11.2. The van der Waals surface area contributed by atoms with Crippen molar-refractivity contribution in [1.82, 2.24) is 14.5 Å². The van der Waals surface area contributed by atoms with E-state index in [0.717, 1.165) is 6.42 Å². The summed E-state index contributed by atoms with van der Waals surface area (Å²) in [6.07, 6.45) is 4.35. The molecule has 2 aliphatic rings. The van der Waals surface area contributed by atoms with E-state index in [-0.39, 0.29) is 10.9 Å². The van der Waals surface area contributed by atoms with Crippen LogP contribution >= 0.6 is 0 Å². The minimum atomic E-state index is -3.62. The highest BCUT2D eigenvalue weighted by Gasteiger charge is 2.54. The summed E-state index contributed by atoms with van der Waals surface area (Å²) in [5.41, 5.74) is 0. The Hall–Kier alpha value is -1.41. The molecular weight excluding hydrogens is 258 g/mol. The Kier molecular flexibility index (Phi) is 2.46. The monoisotopic (exact) mass is 271 g/mol. The van der Waals surface area contributed by atoms with Gasteiger partial charge in [0, 0.05) is 18.3 Å². The number of carbonyl (C=O) groups is 1. The van der Waals surface area contributed by atoms with Crippen molar-refractivity contribution in [2.45, 2.75) is 36.2 Å². The standard InChI is InChI=1S/C10H13N3O4S/c14-10(15)8-3-6-1-2-9(8)13(6)18(16,17)7-4-11-12-5-7/h4-6,8-9H,1-3H2,(H,11,12)(H,14,15). The summed E-state index contributed by atoms with van der Waals surface area (Å²) in [5.74, 6) is -1.49. The fourth-order valence-electron chi connectivity index (χ4n) is 3.08. The lowest BCUT2D eigenvalue weighted by molar-refractivity contribution is -0.142. The van der Waals surface area contributed by atoms with E-state index in [0.29, 0.717) is 12.8 Å². The lowest BCUT2D eigenvalue weighted by Crippen LogP contribution is -2.37. The lowest BCUT2D eigenvalue weighted by atomic mass is 9.89. The topological polar surface area (TPSA) is 103 Å². The van der Waals surface area contributed by atoms with Crippen LogP contribution < -0.4 is 0 Å². The summed E-state index contributed by atoms with van der Waals surface area (Å²) in [5, 5.41) is 15.2. The molecule has 0 spiro atoms. The number of aromatic nitrogens is 2. The van der Waals surface area contributed by atoms with Crippen molar-refractivity contribution in [3.05, 3.63) is 12.4 Å². The van der Waals surface area contributed by atoms with Crippen molar-refractivity contribution in [3.8, 4) is 0 Å². The van der Waals surface area contributed by atoms with Crippen LogP contribution in [0.2, 0.25) is 0 Å². The molecule has 2 bridgehead atoms. The van der Waals surface area contributed by atoms with Gasteiger partial charge >= 0.3 is 5.97 Å². The van der Waals surface area contributed by atoms with Crippen LogP contribution in [0.5, 0.6) is 0 Å². The molecule has 0 amide bonds. The number of carboxylic acids is 1. The Balaban J connectivity index is 1.97. The molecule has 3 atom stereocenters. The molecule has 1 aromatic rings. The van der Waals surface area contributed by atoms with Gasteiger partial charge in [-0.2, -0.15) is 9.40 Å². The molecule has 2 saturated heterocycles. The first-order chi connectivity index (χ1) is 8.51. The molecule has 98 valence electrons. The number of hydrogen-bond acceptors (Lipinski definition) is 4. The number of aromatic amines is 1. The number of rotatable bonds is 3. The molecule has 2 N–H and O–H groups in total. The lowest BCUT2D eigenvalue weighted by Gasteiger charge is -2.21. The molecule has 8 heteroatoms. The third kappa shape index (κ3) is 1.49. The largest absolute Gasteiger partial charge is 0.481 e. The Morgan fingerprint density at radius 2 is 2.28 bits per heavy atom. The molecule has 2 aliphatic heterocycles. The van der Waals surface area contributed by atoms with E-state index in [9.17, 15) is 13.2 Å². The molecule has 0 aromatic carbocycles. The van der Waals surface area contributed by atoms with Crippen molar-refractivity contribution >= 4 is 16.0 Å². The maximum Gasteiger partial charge on any atom is 0.308 e. The first-order valence-corrected chi connectivity index (χ1v) is 7.21. The van der Waals surface area contributed by atoms with Crippen LogP contribution in [-0.2, 0) is 14.8 Å². The van der Waals surface area contributed by atoms with E-state index in [1.165, 1.54) is 16.7 Å². The SMILES string of the molecule is O=C(O)C1CC2CCC1N2S(=O)(=O)c1cn[nH]c1. The number of H-pyrrole nitrogens is 1. The average molecular weight is 271 g/mol. The van der Waals surface area contributed by atoms with Crippen LogP contribution in [0, 0.1) is 5.92 Å². The molecule has 0 saturated carbocycles. The first-order valence-electron chi connectivity index (χ1n) is 5.77. The fourth-order valence-corrected chi connectivity index (χ4v) is 4.90. The van der Waals surface area contributed by atoms with Crippen molar-refractivity contribution in [1.29, 1.82) is 0 Å². The van der Waals surface area contributed by atoms with Crippen LogP contribution in [0.1, 0.15) is 19.3 Å². The Bertz CT molecular complexity index is 568. The second kappa shape index (κ2) is 3.79. The normalized spacial score (nSPS) is 31.9. The molecule has 18 heavy (non-hydrogen) atoms. The number of nitrogens with zero attached hydrogens (tertiary/aromatic N) is 2. The summed E-state index contributed by atoms with van der Waals surface area (Å²) < 4.78 is 26.2. The van der Waals surface area contributed by atoms with E-state index < -0.39 is 28.0 Å². The van der Waals surface area contributed by atoms with Crippen molar-refractivity contribution in [3.63, 3.8) is 0 Å². The fraction of sp³-hybridized carbons (Fsp3) is 0.600. The third-order valence-corrected chi connectivity index (χ3v) is 5.78. The number of fused-ring (bicyclic) bond motifs is 2. The highest BCUT2D eigenvalue weighted by Crippen LogP contribution is 2.44. The van der Waals surface area contributed by atoms with Gasteiger partial charge in [-0.3, -0.25) is 9.89 Å². The van der Waals surface area contributed by atoms with Crippen molar-refractivity contribution in [2.24, 2.45) is 5.92 Å². The zero-order valence-corrected chi connectivity index (χ0v) is 10.3. The molecule has 7 nitrogen and oxygen atoms in total. The highest BCUT2D eigenvalue weighted by molar-refractivity contribution is 7.89. The van der Waals surface area contributed by atoms with E-state index in [4.69, 9.17) is 5.11 Å². The van der Waals surface area contributed by atoms with Gasteiger partial charge in [0.15, 0.2) is 0 Å². The van der Waals surface area contributed by atoms with Gasteiger partial charge in [-0.15, -0.1) is 0 Å². The number of nitrogens with one attached hydrogen (secondary N) is 1. The van der Waals surface area contributed by atoms with Gasteiger partial charge in [0.1, 0.15) is 4.90 Å². The smallest absolute Gasteiger partial charge is 0.308 e. The van der Waals surface area contributed by atoms with Gasteiger partial charge in [-0.05, 0) is 19.3 Å². The van der Waals surface area contributed by atoms with Crippen LogP contribution in [0.4, 0.5) is 0 Å². The first kappa shape index (κ1) is 11.7. The van der Waals surface area contributed by atoms with Crippen LogP contribution in [0.25, 0.3) is 0 Å². The molecule has 1 aromatic heterocycles. The number of sulfonamides is 1. The Morgan fingerprint density at radius 1 is 1.50 bits per heavy atom. The van der Waals surface area contributed by atoms with Crippen LogP contribution in [-0.4, -0.2) is 46.1 Å². The number of aliphatic carboxylic acids is 1. The quantitative estimate of drug-likeness (QED) is 0.807. The predicted octanol–water partition coefficient (Wildman–Crippen LogP) is 0.0359. The Labute approximate surface area is 104 Å². The van der Waals surface area contributed by atoms with E-state index in [1.807, 2.05) is 0 Å². The van der Waals surface area contributed by atoms with Gasteiger partial charge in [0.05, 0.1) is 12.1 Å². The zero-order valence-electron chi connectivity index (χ0n) is 9.48. The second-order valence-corrected chi connectivity index (χ2v) is 6.59. The van der Waals surface area contributed by atoms with Crippen LogP contribution in [0.3, 0.4) is 0 Å². The van der Waals surface area contributed by atoms with Gasteiger partial charge in [-0.1, -0.05) is 0 Å². The highest BCUT2D eigenvalue weighted by atomic mass is 32.2. The number of hydrogen-bond donors (Lipinski definition) is 2. The minimum absolute atomic E-state index is 0.102. The molecule has 3 unspecified atom stereocenters. The van der Waals surface area contributed by atoms with E-state index in [2.05, 4.69) is 10.2 Å². The van der Waals surface area contributed by atoms with Gasteiger partial charge in [-0.25, -0.2) is 8.42 Å². The summed E-state index contributed by atoms with van der Waals surface area (Å²) in [7, 11) is -3.62. The molecule has 0 radical (unpaired) electrons. The third-order valence-electron chi connectivity index (χ3n) is 3.84. The van der Waals surface area contributed by atoms with Gasteiger partial charge in [0.25, 0.3) is 0 Å². The number of carboxylic acid groups (broad SMARTS) is 1. The minimum Gasteiger partial charge on any atom is -0.481 e.